The van der Waals surface area contributed by atoms with E-state index in [1.54, 1.807) is 9.47 Å². The first-order valence-corrected chi connectivity index (χ1v) is 7.37. The monoisotopic (exact) mass is 305 g/mol. The topological polar surface area (TPSA) is 94.6 Å². The van der Waals surface area contributed by atoms with Gasteiger partial charge in [-0.05, 0) is 19.3 Å². The number of carbonyl (C=O) groups is 2. The van der Waals surface area contributed by atoms with Crippen LogP contribution in [0.25, 0.3) is 0 Å². The van der Waals surface area contributed by atoms with Crippen molar-refractivity contribution >= 4 is 11.8 Å². The molecule has 7 nitrogen and oxygen atoms in total. The molecule has 2 unspecified atom stereocenters. The fraction of sp³-hybridized carbons (Fsp3) is 0.533. The molecule has 2 atom stereocenters. The van der Waals surface area contributed by atoms with E-state index in [2.05, 4.69) is 0 Å². The number of amides is 2. The van der Waals surface area contributed by atoms with Gasteiger partial charge in [0.05, 0.1) is 13.2 Å². The zero-order valence-electron chi connectivity index (χ0n) is 12.9. The van der Waals surface area contributed by atoms with Crippen LogP contribution in [-0.2, 0) is 0 Å². The molecule has 0 saturated carbocycles. The zero-order valence-corrected chi connectivity index (χ0v) is 12.9. The molecular weight excluding hydrogens is 286 g/mol. The number of hydrogen-bond donors (Lipinski definition) is 1. The van der Waals surface area contributed by atoms with Gasteiger partial charge in [0.2, 0.25) is 5.43 Å². The Morgan fingerprint density at radius 2 is 2.09 bits per heavy atom. The second-order valence-electron chi connectivity index (χ2n) is 5.84. The molecule has 3 heterocycles. The molecule has 2 aliphatic heterocycles. The number of likely N-dealkylation sites (N-methyl/N-ethyl adjacent to an activating group) is 1. The largest absolute Gasteiger partial charge is 0.491 e. The number of ether oxygens (including phenoxy) is 1. The highest BCUT2D eigenvalue weighted by Crippen LogP contribution is 2.42. The van der Waals surface area contributed by atoms with Crippen LogP contribution in [0.5, 0.6) is 5.75 Å². The molecule has 0 radical (unpaired) electrons. The van der Waals surface area contributed by atoms with Gasteiger partial charge in [0.1, 0.15) is 5.56 Å². The summed E-state index contributed by atoms with van der Waals surface area (Å²) in [7, 11) is 1.33. The summed E-state index contributed by atoms with van der Waals surface area (Å²) in [6.07, 6.45) is 0.768. The summed E-state index contributed by atoms with van der Waals surface area (Å²) in [5.74, 6) is -1.10. The molecule has 0 spiro atoms. The number of carbonyl (C=O) groups excluding carboxylic acids is 2. The van der Waals surface area contributed by atoms with Gasteiger partial charge in [-0.1, -0.05) is 6.92 Å². The number of methoxy groups -OCH3 is 1. The van der Waals surface area contributed by atoms with Gasteiger partial charge in [-0.2, -0.15) is 0 Å². The predicted molar refractivity (Wildman–Crippen MR) is 79.4 cm³/mol. The summed E-state index contributed by atoms with van der Waals surface area (Å²) in [5.41, 5.74) is 5.59. The SMILES string of the molecule is CCN1CC2CC(C)c3c(C(N)=O)c(=O)c(OC)c(n32)C1=O. The van der Waals surface area contributed by atoms with Crippen LogP contribution in [0.2, 0.25) is 0 Å². The Morgan fingerprint density at radius 1 is 1.41 bits per heavy atom. The Bertz CT molecular complexity index is 737. The van der Waals surface area contributed by atoms with Crippen molar-refractivity contribution in [2.24, 2.45) is 5.73 Å². The minimum absolute atomic E-state index is 0.00513. The molecule has 0 aromatic carbocycles. The van der Waals surface area contributed by atoms with Crippen molar-refractivity contribution in [1.29, 1.82) is 0 Å². The average molecular weight is 305 g/mol. The first-order valence-electron chi connectivity index (χ1n) is 7.37. The van der Waals surface area contributed by atoms with Gasteiger partial charge in [-0.25, -0.2) is 0 Å². The zero-order chi connectivity index (χ0) is 16.2. The molecule has 2 amide bonds. The molecule has 2 N–H and O–H groups in total. The van der Waals surface area contributed by atoms with E-state index in [1.165, 1.54) is 7.11 Å². The minimum Gasteiger partial charge on any atom is -0.491 e. The molecule has 7 heteroatoms. The smallest absolute Gasteiger partial charge is 0.274 e. The highest BCUT2D eigenvalue weighted by molar-refractivity contribution is 6.00. The van der Waals surface area contributed by atoms with E-state index < -0.39 is 11.3 Å². The first kappa shape index (κ1) is 14.6. The van der Waals surface area contributed by atoms with E-state index in [1.807, 2.05) is 13.8 Å². The fourth-order valence-electron chi connectivity index (χ4n) is 3.72. The van der Waals surface area contributed by atoms with Crippen LogP contribution in [0.3, 0.4) is 0 Å². The van der Waals surface area contributed by atoms with E-state index >= 15 is 0 Å². The van der Waals surface area contributed by atoms with Crippen molar-refractivity contribution in [3.05, 3.63) is 27.2 Å². The number of nitrogens with two attached hydrogens (primary N) is 1. The second kappa shape index (κ2) is 4.86. The number of primary amides is 1. The van der Waals surface area contributed by atoms with Crippen LogP contribution in [0, 0.1) is 0 Å². The van der Waals surface area contributed by atoms with Gasteiger partial charge < -0.3 is 19.9 Å². The van der Waals surface area contributed by atoms with Gasteiger partial charge in [0.15, 0.2) is 11.4 Å². The first-order chi connectivity index (χ1) is 10.4. The summed E-state index contributed by atoms with van der Waals surface area (Å²) in [6, 6.07) is 0.0465. The Morgan fingerprint density at radius 3 is 2.64 bits per heavy atom. The van der Waals surface area contributed by atoms with E-state index in [0.29, 0.717) is 18.8 Å². The third-order valence-electron chi connectivity index (χ3n) is 4.62. The fourth-order valence-corrected chi connectivity index (χ4v) is 3.72. The lowest BCUT2D eigenvalue weighted by Crippen LogP contribution is -2.44. The maximum Gasteiger partial charge on any atom is 0.274 e. The Labute approximate surface area is 127 Å². The van der Waals surface area contributed by atoms with Crippen molar-refractivity contribution in [3.8, 4) is 5.75 Å². The van der Waals surface area contributed by atoms with Crippen LogP contribution in [-0.4, -0.2) is 41.5 Å². The quantitative estimate of drug-likeness (QED) is 0.878. The summed E-state index contributed by atoms with van der Waals surface area (Å²) in [4.78, 5) is 38.7. The Balaban J connectivity index is 2.42. The van der Waals surface area contributed by atoms with E-state index in [0.717, 1.165) is 6.42 Å². The molecule has 0 saturated heterocycles. The van der Waals surface area contributed by atoms with Crippen molar-refractivity contribution in [2.75, 3.05) is 20.2 Å². The number of rotatable bonds is 3. The normalized spacial score (nSPS) is 22.7. The standard InChI is InChI=1S/C15H19N3O4/c1-4-17-6-8-5-7(2)10-9(14(16)20)12(19)13(22-3)11(15(17)21)18(8)10/h7-8H,4-6H2,1-3H3,(H2,16,20). The van der Waals surface area contributed by atoms with Crippen LogP contribution < -0.4 is 15.9 Å². The van der Waals surface area contributed by atoms with Gasteiger partial charge in [0, 0.05) is 18.8 Å². The molecular formula is C15H19N3O4. The van der Waals surface area contributed by atoms with Crippen LogP contribution >= 0.6 is 0 Å². The van der Waals surface area contributed by atoms with Crippen LogP contribution in [0.4, 0.5) is 0 Å². The molecule has 22 heavy (non-hydrogen) atoms. The van der Waals surface area contributed by atoms with E-state index in [4.69, 9.17) is 10.5 Å². The molecule has 1 aromatic rings. The highest BCUT2D eigenvalue weighted by Gasteiger charge is 2.43. The summed E-state index contributed by atoms with van der Waals surface area (Å²) in [5, 5.41) is 0. The average Bonchev–Trinajstić information content (AvgIpc) is 2.78. The van der Waals surface area contributed by atoms with Crippen LogP contribution in [0.1, 0.15) is 58.8 Å². The van der Waals surface area contributed by atoms with Crippen molar-refractivity contribution < 1.29 is 14.3 Å². The lowest BCUT2D eigenvalue weighted by molar-refractivity contribution is 0.0675. The lowest BCUT2D eigenvalue weighted by Gasteiger charge is -2.34. The number of aromatic nitrogens is 1. The molecule has 0 fully saturated rings. The van der Waals surface area contributed by atoms with E-state index in [-0.39, 0.29) is 34.9 Å². The number of hydrogen-bond acceptors (Lipinski definition) is 4. The van der Waals surface area contributed by atoms with Gasteiger partial charge in [-0.15, -0.1) is 0 Å². The maximum atomic E-state index is 12.7. The second-order valence-corrected chi connectivity index (χ2v) is 5.84. The van der Waals surface area contributed by atoms with Crippen molar-refractivity contribution in [2.45, 2.75) is 32.2 Å². The summed E-state index contributed by atoms with van der Waals surface area (Å²) >= 11 is 0. The number of nitrogens with zero attached hydrogens (tertiary/aromatic N) is 2. The minimum atomic E-state index is -0.772. The van der Waals surface area contributed by atoms with Crippen molar-refractivity contribution in [3.63, 3.8) is 0 Å². The third-order valence-corrected chi connectivity index (χ3v) is 4.62. The van der Waals surface area contributed by atoms with Gasteiger partial charge in [-0.3, -0.25) is 14.4 Å². The predicted octanol–water partition coefficient (Wildman–Crippen LogP) is 0.480. The Kier molecular flexibility index (Phi) is 3.23. The summed E-state index contributed by atoms with van der Waals surface area (Å²) < 4.78 is 6.98. The molecule has 3 rings (SSSR count). The van der Waals surface area contributed by atoms with E-state index in [9.17, 15) is 14.4 Å². The van der Waals surface area contributed by atoms with Gasteiger partial charge in [0.25, 0.3) is 11.8 Å². The van der Waals surface area contributed by atoms with Crippen LogP contribution in [0.15, 0.2) is 4.79 Å². The molecule has 0 bridgehead atoms. The molecule has 1 aromatic heterocycles. The van der Waals surface area contributed by atoms with Crippen molar-refractivity contribution in [1.82, 2.24) is 9.47 Å². The number of pyridine rings is 1. The molecule has 118 valence electrons. The highest BCUT2D eigenvalue weighted by atomic mass is 16.5. The maximum absolute atomic E-state index is 12.7. The summed E-state index contributed by atoms with van der Waals surface area (Å²) in [6.45, 7) is 4.98. The Hall–Kier alpha value is -2.31. The lowest BCUT2D eigenvalue weighted by atomic mass is 10.00. The molecule has 0 aliphatic carbocycles. The molecule has 2 aliphatic rings. The third kappa shape index (κ3) is 1.71. The van der Waals surface area contributed by atoms with Gasteiger partial charge >= 0.3 is 0 Å².